The van der Waals surface area contributed by atoms with Crippen molar-refractivity contribution in [2.45, 2.75) is 32.7 Å². The van der Waals surface area contributed by atoms with E-state index in [-0.39, 0.29) is 6.04 Å². The number of para-hydroxylation sites is 2. The molecular weight excluding hydrogens is 645 g/mol. The summed E-state index contributed by atoms with van der Waals surface area (Å²) in [7, 11) is 0. The van der Waals surface area contributed by atoms with Crippen molar-refractivity contribution in [3.8, 4) is 11.4 Å². The number of hydrogen-bond acceptors (Lipinski definition) is 4. The van der Waals surface area contributed by atoms with Gasteiger partial charge in [-0.1, -0.05) is 91.0 Å². The van der Waals surface area contributed by atoms with E-state index in [0.717, 1.165) is 63.8 Å². The van der Waals surface area contributed by atoms with Gasteiger partial charge in [0.15, 0.2) is 0 Å². The molecule has 0 amide bonds. The third-order valence-electron chi connectivity index (χ3n) is 9.38. The highest BCUT2D eigenvalue weighted by Crippen LogP contribution is 2.39. The number of rotatable bonds is 13. The third kappa shape index (κ3) is 8.52. The van der Waals surface area contributed by atoms with Crippen molar-refractivity contribution in [3.63, 3.8) is 0 Å². The normalized spacial score (nSPS) is 11.7. The van der Waals surface area contributed by atoms with Crippen LogP contribution in [0.2, 0.25) is 0 Å². The monoisotopic (exact) mass is 688 g/mol. The second-order valence-electron chi connectivity index (χ2n) is 13.3. The lowest BCUT2D eigenvalue weighted by molar-refractivity contribution is 0.639. The molecule has 0 aliphatic heterocycles. The molecule has 0 N–H and O–H groups in total. The smallest absolute Gasteiger partial charge is 0.0892 e. The van der Waals surface area contributed by atoms with Crippen molar-refractivity contribution in [2.75, 3.05) is 9.80 Å². The van der Waals surface area contributed by atoms with Crippen LogP contribution in [0.4, 0.5) is 28.4 Å². The summed E-state index contributed by atoms with van der Waals surface area (Å²) >= 11 is 0. The zero-order valence-corrected chi connectivity index (χ0v) is 30.4. The molecule has 4 heteroatoms. The van der Waals surface area contributed by atoms with Gasteiger partial charge in [0.1, 0.15) is 0 Å². The molecule has 0 saturated heterocycles. The molecule has 1 atom stereocenters. The Balaban J connectivity index is 1.16. The predicted molar refractivity (Wildman–Crippen MR) is 224 cm³/mol. The van der Waals surface area contributed by atoms with E-state index in [1.807, 2.05) is 24.5 Å². The molecule has 0 aliphatic carbocycles. The van der Waals surface area contributed by atoms with Gasteiger partial charge in [-0.05, 0) is 139 Å². The fourth-order valence-corrected chi connectivity index (χ4v) is 6.80. The van der Waals surface area contributed by atoms with E-state index in [9.17, 15) is 0 Å². The Morgan fingerprint density at radius 1 is 0.528 bits per heavy atom. The molecule has 0 spiro atoms. The summed E-state index contributed by atoms with van der Waals surface area (Å²) < 4.78 is 0. The molecule has 4 nitrogen and oxygen atoms in total. The number of benzene rings is 5. The van der Waals surface area contributed by atoms with E-state index >= 15 is 0 Å². The van der Waals surface area contributed by atoms with E-state index in [2.05, 4.69) is 194 Å². The lowest BCUT2D eigenvalue weighted by Crippen LogP contribution is -2.24. The molecule has 2 heterocycles. The maximum absolute atomic E-state index is 4.80. The van der Waals surface area contributed by atoms with Crippen molar-refractivity contribution in [1.82, 2.24) is 9.97 Å². The molecular formula is C49H44N4. The van der Waals surface area contributed by atoms with E-state index in [0.29, 0.717) is 0 Å². The fourth-order valence-electron chi connectivity index (χ4n) is 6.80. The molecule has 2 aromatic heterocycles. The van der Waals surface area contributed by atoms with Crippen molar-refractivity contribution in [2.24, 2.45) is 0 Å². The second-order valence-corrected chi connectivity index (χ2v) is 13.3. The van der Waals surface area contributed by atoms with Crippen molar-refractivity contribution in [1.29, 1.82) is 0 Å². The first-order valence-electron chi connectivity index (χ1n) is 18.2. The standard InChI is InChI=1S/C49H44N4/c1-4-5-22-49(53(43-18-10-7-11-19-43)46-21-13-15-38(3)34-46)41-30-32-51-48(36-41)47-35-40(29-31-50-47)24-23-39-25-27-44(28-26-39)52(42-16-8-6-9-17-42)45-20-12-14-37(2)33-45/h4,6-21,23-36,49H,1,5,22H2,2-3H3/b24-23+. The Labute approximate surface area is 314 Å². The summed E-state index contributed by atoms with van der Waals surface area (Å²) in [4.78, 5) is 14.3. The van der Waals surface area contributed by atoms with Gasteiger partial charge in [-0.3, -0.25) is 9.97 Å². The van der Waals surface area contributed by atoms with Crippen molar-refractivity contribution in [3.05, 3.63) is 211 Å². The Kier molecular flexibility index (Phi) is 11.0. The Bertz CT molecular complexity index is 2290. The summed E-state index contributed by atoms with van der Waals surface area (Å²) in [6.45, 7) is 8.32. The molecule has 1 unspecified atom stereocenters. The molecule has 7 aromatic rings. The molecule has 0 bridgehead atoms. The van der Waals surface area contributed by atoms with Crippen LogP contribution in [0.25, 0.3) is 23.5 Å². The first-order chi connectivity index (χ1) is 26.1. The number of anilines is 5. The minimum atomic E-state index is 0.0636. The van der Waals surface area contributed by atoms with E-state index in [1.165, 1.54) is 16.7 Å². The maximum Gasteiger partial charge on any atom is 0.0892 e. The maximum atomic E-state index is 4.80. The minimum Gasteiger partial charge on any atom is -0.334 e. The van der Waals surface area contributed by atoms with Gasteiger partial charge in [-0.25, -0.2) is 0 Å². The Hall–Kier alpha value is -6.52. The summed E-state index contributed by atoms with van der Waals surface area (Å²) in [5.74, 6) is 0. The van der Waals surface area contributed by atoms with Crippen LogP contribution in [0.1, 0.15) is 46.7 Å². The highest BCUT2D eigenvalue weighted by molar-refractivity contribution is 5.78. The predicted octanol–water partition coefficient (Wildman–Crippen LogP) is 13.2. The van der Waals surface area contributed by atoms with Gasteiger partial charge < -0.3 is 9.80 Å². The van der Waals surface area contributed by atoms with E-state index in [4.69, 9.17) is 9.97 Å². The number of aromatic nitrogens is 2. The molecule has 0 fully saturated rings. The fraction of sp³-hybridized carbons (Fsp3) is 0.102. The van der Waals surface area contributed by atoms with Crippen LogP contribution in [0.5, 0.6) is 0 Å². The summed E-state index contributed by atoms with van der Waals surface area (Å²) in [6.07, 6.45) is 11.9. The van der Waals surface area contributed by atoms with E-state index < -0.39 is 0 Å². The lowest BCUT2D eigenvalue weighted by Gasteiger charge is -2.34. The SMILES string of the molecule is C=CCCC(c1ccnc(-c2cc(/C=C/c3ccc(N(c4ccccc4)c4cccc(C)c4)cc3)ccn2)c1)N(c1ccccc1)c1cccc(C)c1. The van der Waals surface area contributed by atoms with Gasteiger partial charge in [0.05, 0.1) is 17.4 Å². The average molecular weight is 689 g/mol. The number of pyridine rings is 2. The molecule has 53 heavy (non-hydrogen) atoms. The van der Waals surface area contributed by atoms with Crippen LogP contribution < -0.4 is 9.80 Å². The van der Waals surface area contributed by atoms with Gasteiger partial charge in [0.2, 0.25) is 0 Å². The van der Waals surface area contributed by atoms with Crippen molar-refractivity contribution >= 4 is 40.6 Å². The average Bonchev–Trinajstić information content (AvgIpc) is 3.20. The summed E-state index contributed by atoms with van der Waals surface area (Å²) in [5.41, 5.74) is 13.2. The van der Waals surface area contributed by atoms with Crippen LogP contribution >= 0.6 is 0 Å². The van der Waals surface area contributed by atoms with Gasteiger partial charge in [-0.2, -0.15) is 0 Å². The van der Waals surface area contributed by atoms with Crippen LogP contribution in [0, 0.1) is 13.8 Å². The first-order valence-corrected chi connectivity index (χ1v) is 18.2. The summed E-state index contributed by atoms with van der Waals surface area (Å²) in [5, 5.41) is 0. The van der Waals surface area contributed by atoms with Gasteiger partial charge in [0, 0.05) is 40.8 Å². The molecule has 5 aromatic carbocycles. The zero-order chi connectivity index (χ0) is 36.4. The summed E-state index contributed by atoms with van der Waals surface area (Å²) in [6, 6.07) is 55.7. The number of nitrogens with zero attached hydrogens (tertiary/aromatic N) is 4. The molecule has 0 saturated carbocycles. The molecule has 260 valence electrons. The van der Waals surface area contributed by atoms with Crippen LogP contribution in [0.3, 0.4) is 0 Å². The quantitative estimate of drug-likeness (QED) is 0.113. The number of hydrogen-bond donors (Lipinski definition) is 0. The highest BCUT2D eigenvalue weighted by Gasteiger charge is 2.23. The van der Waals surface area contributed by atoms with Crippen molar-refractivity contribution < 1.29 is 0 Å². The first kappa shape index (κ1) is 34.9. The number of aryl methyl sites for hydroxylation is 2. The largest absolute Gasteiger partial charge is 0.334 e. The van der Waals surface area contributed by atoms with Gasteiger partial charge in [0.25, 0.3) is 0 Å². The second kappa shape index (κ2) is 16.7. The van der Waals surface area contributed by atoms with Gasteiger partial charge in [-0.15, -0.1) is 6.58 Å². The van der Waals surface area contributed by atoms with Crippen LogP contribution in [-0.2, 0) is 0 Å². The highest BCUT2D eigenvalue weighted by atomic mass is 15.2. The molecule has 0 aliphatic rings. The van der Waals surface area contributed by atoms with E-state index in [1.54, 1.807) is 0 Å². The lowest BCUT2D eigenvalue weighted by atomic mass is 9.97. The molecule has 7 rings (SSSR count). The molecule has 0 radical (unpaired) electrons. The number of allylic oxidation sites excluding steroid dienone is 1. The Morgan fingerprint density at radius 3 is 1.77 bits per heavy atom. The Morgan fingerprint density at radius 2 is 1.09 bits per heavy atom. The third-order valence-corrected chi connectivity index (χ3v) is 9.38. The van der Waals surface area contributed by atoms with Gasteiger partial charge >= 0.3 is 0 Å². The van der Waals surface area contributed by atoms with Crippen LogP contribution in [-0.4, -0.2) is 9.97 Å². The van der Waals surface area contributed by atoms with Crippen LogP contribution in [0.15, 0.2) is 183 Å². The zero-order valence-electron chi connectivity index (χ0n) is 30.4. The minimum absolute atomic E-state index is 0.0636. The topological polar surface area (TPSA) is 32.3 Å².